The van der Waals surface area contributed by atoms with Gasteiger partial charge in [-0.3, -0.25) is 0 Å². The third-order valence-electron chi connectivity index (χ3n) is 1.93. The summed E-state index contributed by atoms with van der Waals surface area (Å²) in [5, 5.41) is 3.31. The first-order valence-electron chi connectivity index (χ1n) is 3.31. The van der Waals surface area contributed by atoms with Gasteiger partial charge in [0.2, 0.25) is 0 Å². The first kappa shape index (κ1) is 4.77. The minimum absolute atomic E-state index is 0.558. The fourth-order valence-corrected chi connectivity index (χ4v) is 1.40. The fourth-order valence-electron chi connectivity index (χ4n) is 1.40. The SMILES string of the molecule is C1CC2CC(CN1)O2. The molecule has 3 saturated heterocycles. The summed E-state index contributed by atoms with van der Waals surface area (Å²) in [5.74, 6) is 0. The van der Waals surface area contributed by atoms with Gasteiger partial charge in [0, 0.05) is 13.0 Å². The van der Waals surface area contributed by atoms with Gasteiger partial charge in [-0.2, -0.15) is 0 Å². The van der Waals surface area contributed by atoms with Crippen LogP contribution in [0.3, 0.4) is 0 Å². The van der Waals surface area contributed by atoms with E-state index in [9.17, 15) is 0 Å². The van der Waals surface area contributed by atoms with Crippen LogP contribution < -0.4 is 5.32 Å². The summed E-state index contributed by atoms with van der Waals surface area (Å²) in [6, 6.07) is 0. The number of rotatable bonds is 0. The molecule has 46 valence electrons. The highest BCUT2D eigenvalue weighted by Gasteiger charge is 2.31. The van der Waals surface area contributed by atoms with Crippen LogP contribution in [0.4, 0.5) is 0 Å². The molecule has 3 aliphatic heterocycles. The van der Waals surface area contributed by atoms with E-state index < -0.39 is 0 Å². The zero-order chi connectivity index (χ0) is 5.40. The highest BCUT2D eigenvalue weighted by molar-refractivity contribution is 4.83. The Hall–Kier alpha value is -0.0800. The molecule has 3 fully saturated rings. The Balaban J connectivity index is 1.95. The number of fused-ring (bicyclic) bond motifs is 3. The number of nitrogens with one attached hydrogen (secondary N) is 1. The van der Waals surface area contributed by atoms with E-state index in [4.69, 9.17) is 4.74 Å². The molecule has 2 nitrogen and oxygen atoms in total. The van der Waals surface area contributed by atoms with E-state index >= 15 is 0 Å². The molecule has 3 heterocycles. The molecule has 1 N–H and O–H groups in total. The normalized spacial score (nSPS) is 45.0. The molecule has 2 atom stereocenters. The molecule has 0 amide bonds. The van der Waals surface area contributed by atoms with Crippen molar-refractivity contribution < 1.29 is 4.74 Å². The summed E-state index contributed by atoms with van der Waals surface area (Å²) >= 11 is 0. The summed E-state index contributed by atoms with van der Waals surface area (Å²) < 4.78 is 5.44. The lowest BCUT2D eigenvalue weighted by Crippen LogP contribution is -2.38. The molecule has 3 rings (SSSR count). The van der Waals surface area contributed by atoms with E-state index in [0.717, 1.165) is 13.1 Å². The van der Waals surface area contributed by atoms with Crippen molar-refractivity contribution >= 4 is 0 Å². The molecule has 2 unspecified atom stereocenters. The molecule has 0 aromatic carbocycles. The highest BCUT2D eigenvalue weighted by Crippen LogP contribution is 2.24. The summed E-state index contributed by atoms with van der Waals surface area (Å²) in [4.78, 5) is 0. The second kappa shape index (κ2) is 1.71. The van der Waals surface area contributed by atoms with Crippen molar-refractivity contribution in [3.63, 3.8) is 0 Å². The highest BCUT2D eigenvalue weighted by atomic mass is 16.5. The van der Waals surface area contributed by atoms with Gasteiger partial charge in [-0.1, -0.05) is 0 Å². The monoisotopic (exact) mass is 113 g/mol. The minimum atomic E-state index is 0.558. The van der Waals surface area contributed by atoms with Crippen LogP contribution in [-0.4, -0.2) is 25.3 Å². The predicted molar refractivity (Wildman–Crippen MR) is 30.8 cm³/mol. The molecule has 0 aliphatic carbocycles. The van der Waals surface area contributed by atoms with Gasteiger partial charge >= 0.3 is 0 Å². The average Bonchev–Trinajstić information content (AvgIpc) is 1.89. The first-order valence-corrected chi connectivity index (χ1v) is 3.31. The minimum Gasteiger partial charge on any atom is -0.373 e. The topological polar surface area (TPSA) is 21.3 Å². The molecule has 0 aromatic heterocycles. The average molecular weight is 113 g/mol. The van der Waals surface area contributed by atoms with Crippen LogP contribution >= 0.6 is 0 Å². The van der Waals surface area contributed by atoms with E-state index in [1.54, 1.807) is 0 Å². The van der Waals surface area contributed by atoms with Crippen LogP contribution in [0.1, 0.15) is 12.8 Å². The Kier molecular flexibility index (Phi) is 1.02. The maximum absolute atomic E-state index is 5.44. The molecular weight excluding hydrogens is 102 g/mol. The van der Waals surface area contributed by atoms with Gasteiger partial charge in [0.1, 0.15) is 0 Å². The van der Waals surface area contributed by atoms with Crippen LogP contribution in [0.5, 0.6) is 0 Å². The molecule has 2 heteroatoms. The molecular formula is C6H11NO. The maximum Gasteiger partial charge on any atom is 0.0727 e. The zero-order valence-corrected chi connectivity index (χ0v) is 4.89. The van der Waals surface area contributed by atoms with Gasteiger partial charge in [0.25, 0.3) is 0 Å². The standard InChI is InChI=1S/C6H11NO/c1-2-7-4-6-3-5(1)8-6/h5-7H,1-4H2. The number of ether oxygens (including phenoxy) is 1. The van der Waals surface area contributed by atoms with Gasteiger partial charge in [0.05, 0.1) is 12.2 Å². The summed E-state index contributed by atoms with van der Waals surface area (Å²) in [6.07, 6.45) is 3.68. The van der Waals surface area contributed by atoms with E-state index in [1.165, 1.54) is 12.8 Å². The van der Waals surface area contributed by atoms with E-state index in [2.05, 4.69) is 5.32 Å². The van der Waals surface area contributed by atoms with E-state index in [1.807, 2.05) is 0 Å². The van der Waals surface area contributed by atoms with Crippen molar-refractivity contribution in [1.29, 1.82) is 0 Å². The van der Waals surface area contributed by atoms with E-state index in [0.29, 0.717) is 12.2 Å². The number of hydrogen-bond donors (Lipinski definition) is 1. The Morgan fingerprint density at radius 2 is 2.25 bits per heavy atom. The fraction of sp³-hybridized carbons (Fsp3) is 1.00. The third kappa shape index (κ3) is 0.644. The summed E-state index contributed by atoms with van der Waals surface area (Å²) in [7, 11) is 0. The Labute approximate surface area is 49.2 Å². The van der Waals surface area contributed by atoms with Crippen LogP contribution in [0.25, 0.3) is 0 Å². The Morgan fingerprint density at radius 3 is 3.12 bits per heavy atom. The van der Waals surface area contributed by atoms with E-state index in [-0.39, 0.29) is 0 Å². The molecule has 0 radical (unpaired) electrons. The largest absolute Gasteiger partial charge is 0.373 e. The predicted octanol–water partition coefficient (Wildman–Crippen LogP) is 0.137. The van der Waals surface area contributed by atoms with Crippen molar-refractivity contribution in [3.05, 3.63) is 0 Å². The number of hydrogen-bond acceptors (Lipinski definition) is 2. The smallest absolute Gasteiger partial charge is 0.0727 e. The van der Waals surface area contributed by atoms with Crippen molar-refractivity contribution in [1.82, 2.24) is 5.32 Å². The second-order valence-corrected chi connectivity index (χ2v) is 2.61. The van der Waals surface area contributed by atoms with Crippen molar-refractivity contribution in [2.75, 3.05) is 13.1 Å². The lowest BCUT2D eigenvalue weighted by Gasteiger charge is -2.32. The molecule has 2 bridgehead atoms. The van der Waals surface area contributed by atoms with Gasteiger partial charge in [-0.25, -0.2) is 0 Å². The van der Waals surface area contributed by atoms with Crippen LogP contribution in [0.15, 0.2) is 0 Å². The molecule has 0 spiro atoms. The van der Waals surface area contributed by atoms with Crippen LogP contribution in [0.2, 0.25) is 0 Å². The third-order valence-corrected chi connectivity index (χ3v) is 1.93. The Morgan fingerprint density at radius 1 is 1.38 bits per heavy atom. The molecule has 0 aromatic rings. The van der Waals surface area contributed by atoms with Gasteiger partial charge in [0.15, 0.2) is 0 Å². The van der Waals surface area contributed by atoms with Crippen molar-refractivity contribution in [3.8, 4) is 0 Å². The lowest BCUT2D eigenvalue weighted by molar-refractivity contribution is -0.111. The quantitative estimate of drug-likeness (QED) is 0.482. The van der Waals surface area contributed by atoms with Gasteiger partial charge in [-0.05, 0) is 13.0 Å². The second-order valence-electron chi connectivity index (χ2n) is 2.61. The van der Waals surface area contributed by atoms with Gasteiger partial charge < -0.3 is 10.1 Å². The first-order chi connectivity index (χ1) is 3.95. The maximum atomic E-state index is 5.44. The van der Waals surface area contributed by atoms with Crippen LogP contribution in [-0.2, 0) is 4.74 Å². The molecule has 3 aliphatic rings. The van der Waals surface area contributed by atoms with Crippen molar-refractivity contribution in [2.24, 2.45) is 0 Å². The van der Waals surface area contributed by atoms with Crippen molar-refractivity contribution in [2.45, 2.75) is 25.0 Å². The zero-order valence-electron chi connectivity index (χ0n) is 4.89. The molecule has 0 saturated carbocycles. The summed E-state index contributed by atoms with van der Waals surface area (Å²) in [5.41, 5.74) is 0. The Bertz CT molecular complexity index is 73.0. The van der Waals surface area contributed by atoms with Crippen LogP contribution in [0, 0.1) is 0 Å². The van der Waals surface area contributed by atoms with Gasteiger partial charge in [-0.15, -0.1) is 0 Å². The lowest BCUT2D eigenvalue weighted by atomic mass is 10.0. The molecule has 8 heavy (non-hydrogen) atoms. The summed E-state index contributed by atoms with van der Waals surface area (Å²) in [6.45, 7) is 2.23.